The van der Waals surface area contributed by atoms with E-state index in [0.29, 0.717) is 69.1 Å². The van der Waals surface area contributed by atoms with Crippen LogP contribution in [0.2, 0.25) is 0 Å². The summed E-state index contributed by atoms with van der Waals surface area (Å²) >= 11 is 0. The van der Waals surface area contributed by atoms with Crippen molar-refractivity contribution in [3.05, 3.63) is 205 Å². The van der Waals surface area contributed by atoms with Crippen molar-refractivity contribution in [2.24, 2.45) is 0 Å². The zero-order valence-corrected chi connectivity index (χ0v) is 37.6. The normalized spacial score (nSPS) is 14.4. The predicted molar refractivity (Wildman–Crippen MR) is 283 cm³/mol. The Hall–Kier alpha value is -7.82. The molecule has 0 fully saturated rings. The van der Waals surface area contributed by atoms with Crippen LogP contribution in [-0.4, -0.2) is 8.80 Å². The highest BCUT2D eigenvalue weighted by molar-refractivity contribution is 6.32. The molecule has 4 aromatic heterocycles. The molecule has 0 atom stereocenters. The highest BCUT2D eigenvalue weighted by atomic mass is 15.2. The molecule has 0 radical (unpaired) electrons. The van der Waals surface area contributed by atoms with Gasteiger partial charge < -0.3 is 18.6 Å². The minimum atomic E-state index is -0.334. The lowest BCUT2D eigenvalue weighted by Crippen LogP contribution is -2.12. The fourth-order valence-corrected chi connectivity index (χ4v) is 10.8. The average Bonchev–Trinajstić information content (AvgIpc) is 4.09. The van der Waals surface area contributed by atoms with Gasteiger partial charge in [-0.05, 0) is 94.7 Å². The molecule has 0 bridgehead atoms. The van der Waals surface area contributed by atoms with Crippen LogP contribution in [0, 0.1) is 0 Å². The number of hydrogen-bond donors (Lipinski definition) is 0. The summed E-state index contributed by atoms with van der Waals surface area (Å²) in [6.07, 6.45) is 0. The SMILES string of the molecule is [2H]c1ccc(N(c2ccc([2H])cc2)c2c([2H])c([2H])c3c4cc5c(cc4n4c6c(C(C)(C)C)cccc6c2c34)c2c([2H])c([2H])c(N(c3ccc([2H])cc3)c3ccc([2H])cc3)c3c4cccc(C(C)(C)C)c4n5c23)cc1. The van der Waals surface area contributed by atoms with Crippen LogP contribution in [0.4, 0.5) is 34.1 Å². The zero-order valence-electron chi connectivity index (χ0n) is 45.6. The van der Waals surface area contributed by atoms with Gasteiger partial charge in [-0.15, -0.1) is 0 Å². The van der Waals surface area contributed by atoms with E-state index in [1.165, 1.54) is 0 Å². The number of para-hydroxylation sites is 6. The van der Waals surface area contributed by atoms with Crippen LogP contribution in [0.5, 0.6) is 0 Å². The van der Waals surface area contributed by atoms with Crippen LogP contribution in [-0.2, 0) is 10.8 Å². The third kappa shape index (κ3) is 5.39. The van der Waals surface area contributed by atoms with Gasteiger partial charge in [0.1, 0.15) is 0 Å². The maximum atomic E-state index is 10.2. The van der Waals surface area contributed by atoms with Crippen LogP contribution >= 0.6 is 0 Å². The Balaban J connectivity index is 1.24. The molecule has 4 heterocycles. The maximum Gasteiger partial charge on any atom is 0.0645 e. The zero-order chi connectivity index (χ0) is 51.6. The van der Waals surface area contributed by atoms with E-state index >= 15 is 0 Å². The highest BCUT2D eigenvalue weighted by Gasteiger charge is 2.31. The summed E-state index contributed by atoms with van der Waals surface area (Å²) in [6.45, 7) is 13.2. The van der Waals surface area contributed by atoms with Gasteiger partial charge in [0.2, 0.25) is 0 Å². The van der Waals surface area contributed by atoms with E-state index in [1.54, 1.807) is 48.5 Å². The largest absolute Gasteiger partial charge is 0.310 e. The number of nitrogens with zero attached hydrogens (tertiary/aromatic N) is 4. The third-order valence-electron chi connectivity index (χ3n) is 13.6. The quantitative estimate of drug-likeness (QED) is 0.166. The van der Waals surface area contributed by atoms with Crippen molar-refractivity contribution in [1.82, 2.24) is 8.80 Å². The number of benzene rings is 9. The minimum Gasteiger partial charge on any atom is -0.310 e. The van der Waals surface area contributed by atoms with Crippen molar-refractivity contribution in [3.8, 4) is 0 Å². The molecule has 0 saturated carbocycles. The van der Waals surface area contributed by atoms with E-state index in [1.807, 2.05) is 58.3 Å². The van der Waals surface area contributed by atoms with E-state index in [0.717, 1.165) is 76.5 Å². The van der Waals surface area contributed by atoms with Crippen LogP contribution in [0.15, 0.2) is 194 Å². The lowest BCUT2D eigenvalue weighted by atomic mass is 9.85. The molecule has 318 valence electrons. The van der Waals surface area contributed by atoms with Gasteiger partial charge in [0, 0.05) is 65.8 Å². The number of hydrogen-bond acceptors (Lipinski definition) is 2. The molecule has 0 unspecified atom stereocenters. The van der Waals surface area contributed by atoms with E-state index in [9.17, 15) is 5.48 Å². The van der Waals surface area contributed by atoms with Crippen LogP contribution in [0.1, 0.15) is 63.6 Å². The Kier molecular flexibility index (Phi) is 6.53. The predicted octanol–water partition coefficient (Wildman–Crippen LogP) is 17.5. The summed E-state index contributed by atoms with van der Waals surface area (Å²) in [6, 6.07) is 47.4. The Morgan fingerprint density at radius 3 is 1.02 bits per heavy atom. The van der Waals surface area contributed by atoms with E-state index in [4.69, 9.17) is 5.48 Å². The first-order chi connectivity index (χ1) is 35.3. The van der Waals surface area contributed by atoms with Gasteiger partial charge >= 0.3 is 0 Å². The summed E-state index contributed by atoms with van der Waals surface area (Å²) in [5.41, 5.74) is 10.6. The Morgan fingerprint density at radius 1 is 0.364 bits per heavy atom. The first-order valence-electron chi connectivity index (χ1n) is 26.6. The number of aromatic nitrogens is 2. The second kappa shape index (κ2) is 13.8. The fourth-order valence-electron chi connectivity index (χ4n) is 10.8. The smallest absolute Gasteiger partial charge is 0.0645 e. The molecule has 0 saturated heterocycles. The van der Waals surface area contributed by atoms with Gasteiger partial charge in [0.15, 0.2) is 0 Å². The summed E-state index contributed by atoms with van der Waals surface area (Å²) in [5.74, 6) is 0. The van der Waals surface area contributed by atoms with Crippen molar-refractivity contribution >= 4 is 110 Å². The average molecular weight is 859 g/mol. The Morgan fingerprint density at radius 2 is 0.697 bits per heavy atom. The fraction of sp³-hybridized carbons (Fsp3) is 0.129. The summed E-state index contributed by atoms with van der Waals surface area (Å²) in [7, 11) is 0. The molecule has 4 heteroatoms. The lowest BCUT2D eigenvalue weighted by molar-refractivity contribution is 0.594. The van der Waals surface area contributed by atoms with Crippen molar-refractivity contribution in [3.63, 3.8) is 0 Å². The van der Waals surface area contributed by atoms with Gasteiger partial charge in [0.05, 0.1) is 55.4 Å². The van der Waals surface area contributed by atoms with Gasteiger partial charge in [-0.3, -0.25) is 0 Å². The molecule has 13 rings (SSSR count). The number of rotatable bonds is 6. The van der Waals surface area contributed by atoms with Crippen molar-refractivity contribution < 1.29 is 11.0 Å². The lowest BCUT2D eigenvalue weighted by Gasteiger charge is -2.26. The van der Waals surface area contributed by atoms with Crippen LogP contribution in [0.3, 0.4) is 0 Å². The Labute approximate surface area is 396 Å². The molecular weight excluding hydrogens is 801 g/mol. The third-order valence-corrected chi connectivity index (χ3v) is 13.6. The first-order valence-corrected chi connectivity index (χ1v) is 22.6. The van der Waals surface area contributed by atoms with Gasteiger partial charge in [0.25, 0.3) is 0 Å². The van der Waals surface area contributed by atoms with Crippen LogP contribution in [0.25, 0.3) is 76.2 Å². The maximum absolute atomic E-state index is 10.2. The molecule has 13 aromatic rings. The van der Waals surface area contributed by atoms with Gasteiger partial charge in [-0.25, -0.2) is 0 Å². The molecular formula is C62H50N4. The molecule has 4 nitrogen and oxygen atoms in total. The summed E-state index contributed by atoms with van der Waals surface area (Å²) < 4.78 is 79.0. The monoisotopic (exact) mass is 858 g/mol. The highest BCUT2D eigenvalue weighted by Crippen LogP contribution is 2.52. The number of fused-ring (bicyclic) bond motifs is 12. The molecule has 0 spiro atoms. The molecule has 0 aliphatic rings. The second-order valence-electron chi connectivity index (χ2n) is 19.6. The van der Waals surface area contributed by atoms with Crippen LogP contribution < -0.4 is 9.80 Å². The van der Waals surface area contributed by atoms with Crippen molar-refractivity contribution in [1.29, 1.82) is 0 Å². The van der Waals surface area contributed by atoms with Gasteiger partial charge in [-0.1, -0.05) is 163 Å². The van der Waals surface area contributed by atoms with E-state index in [2.05, 4.69) is 98.9 Å². The molecule has 0 aliphatic carbocycles. The first kappa shape index (κ1) is 31.1. The minimum absolute atomic E-state index is 0.0343. The summed E-state index contributed by atoms with van der Waals surface area (Å²) in [5, 5.41) is 6.34. The standard InChI is InChI=1S/C62H50N4/c1-61(2,3)49-31-19-29-45-55-51(63(39-21-11-7-12-22-39)40-23-13-8-14-24-40)35-33-43-47-38-54-48(37-53(47)65(57(45)49)59(43)55)44-34-36-52(64(41-25-15-9-16-26-41)42-27-17-10-18-28-42)56-46-30-20-32-50(62(4,5)6)58(46)66(54)60(44)56/h7-38H,1-6H3/i7D,8D,9D,10D,33D,34D,35D,36D. The van der Waals surface area contributed by atoms with Crippen molar-refractivity contribution in [2.75, 3.05) is 9.80 Å². The molecule has 9 aromatic carbocycles. The van der Waals surface area contributed by atoms with E-state index < -0.39 is 0 Å². The molecule has 0 aliphatic heterocycles. The Bertz CT molecular complexity index is 4070. The van der Waals surface area contributed by atoms with Crippen molar-refractivity contribution in [2.45, 2.75) is 52.4 Å². The second-order valence-corrected chi connectivity index (χ2v) is 19.6. The molecule has 0 amide bonds. The van der Waals surface area contributed by atoms with Gasteiger partial charge in [-0.2, -0.15) is 0 Å². The summed E-state index contributed by atoms with van der Waals surface area (Å²) in [4.78, 5) is 3.99. The molecule has 0 N–H and O–H groups in total. The molecule has 66 heavy (non-hydrogen) atoms. The topological polar surface area (TPSA) is 15.3 Å². The number of anilines is 6. The van der Waals surface area contributed by atoms with E-state index in [-0.39, 0.29) is 35.0 Å².